The van der Waals surface area contributed by atoms with Crippen LogP contribution in [0.4, 0.5) is 4.79 Å². The van der Waals surface area contributed by atoms with Crippen molar-refractivity contribution in [2.45, 2.75) is 32.4 Å². The fraction of sp³-hybridized carbons (Fsp3) is 0.778. The third-order valence-corrected chi connectivity index (χ3v) is 1.68. The molecule has 0 aromatic carbocycles. The number of nitrogens with one attached hydrogen (secondary N) is 1. The van der Waals surface area contributed by atoms with Gasteiger partial charge in [-0.3, -0.25) is 0 Å². The molecule has 0 aliphatic rings. The SMILES string of the molecule is COC(=O)[C@H](C[S-])NC(=O)OC(C)(C)C.[Na+]. The molecule has 0 radical (unpaired) electrons. The minimum absolute atomic E-state index is 0. The van der Waals surface area contributed by atoms with Crippen molar-refractivity contribution < 1.29 is 48.6 Å². The average Bonchev–Trinajstić information content (AvgIpc) is 2.10. The molecule has 7 heteroatoms. The maximum absolute atomic E-state index is 11.3. The van der Waals surface area contributed by atoms with E-state index in [1.807, 2.05) is 0 Å². The van der Waals surface area contributed by atoms with Gasteiger partial charge in [0.2, 0.25) is 0 Å². The minimum atomic E-state index is -0.833. The van der Waals surface area contributed by atoms with Gasteiger partial charge in [0.1, 0.15) is 11.6 Å². The second-order valence-electron chi connectivity index (χ2n) is 3.89. The van der Waals surface area contributed by atoms with Gasteiger partial charge in [-0.05, 0) is 20.8 Å². The Bertz CT molecular complexity index is 242. The van der Waals surface area contributed by atoms with Crippen LogP contribution >= 0.6 is 0 Å². The predicted octanol–water partition coefficient (Wildman–Crippen LogP) is -2.40. The molecule has 0 aliphatic heterocycles. The van der Waals surface area contributed by atoms with Crippen LogP contribution in [-0.2, 0) is 26.9 Å². The minimum Gasteiger partial charge on any atom is -0.790 e. The summed E-state index contributed by atoms with van der Waals surface area (Å²) in [6, 6.07) is -0.833. The van der Waals surface area contributed by atoms with Crippen molar-refractivity contribution >= 4 is 24.7 Å². The van der Waals surface area contributed by atoms with E-state index >= 15 is 0 Å². The second-order valence-corrected chi connectivity index (χ2v) is 4.22. The molecule has 0 saturated heterocycles. The smallest absolute Gasteiger partial charge is 0.790 e. The molecular formula is C9H16NNaO4S. The van der Waals surface area contributed by atoms with Crippen LogP contribution in [-0.4, -0.2) is 36.6 Å². The van der Waals surface area contributed by atoms with Gasteiger partial charge < -0.3 is 27.4 Å². The first-order valence-corrected chi connectivity index (χ1v) is 5.03. The molecule has 0 heterocycles. The predicted molar refractivity (Wildman–Crippen MR) is 57.4 cm³/mol. The number of carbonyl (C=O) groups is 2. The number of carbonyl (C=O) groups excluding carboxylic acids is 2. The Hall–Kier alpha value is 0.0900. The number of alkyl carbamates (subject to hydrolysis) is 1. The van der Waals surface area contributed by atoms with Crippen LogP contribution in [0.15, 0.2) is 0 Å². The number of ether oxygens (including phenoxy) is 2. The molecule has 0 saturated carbocycles. The molecule has 0 unspecified atom stereocenters. The van der Waals surface area contributed by atoms with Gasteiger partial charge in [-0.1, -0.05) is 0 Å². The monoisotopic (exact) mass is 257 g/mol. The van der Waals surface area contributed by atoms with Crippen molar-refractivity contribution in [2.75, 3.05) is 12.9 Å². The standard InChI is InChI=1S/C9H17NO4S.Na/c1-9(2,3)14-8(12)10-6(5-15)7(11)13-4;/h6,15H,5H2,1-4H3,(H,10,12);/q;+1/p-1/t6-;/m0./s1. The normalized spacial score (nSPS) is 12.1. The molecular weight excluding hydrogens is 241 g/mol. The topological polar surface area (TPSA) is 64.6 Å². The molecule has 0 rings (SSSR count). The summed E-state index contributed by atoms with van der Waals surface area (Å²) in [6.45, 7) is 5.19. The van der Waals surface area contributed by atoms with Crippen LogP contribution in [0.2, 0.25) is 0 Å². The molecule has 1 N–H and O–H groups in total. The fourth-order valence-electron chi connectivity index (χ4n) is 0.761. The zero-order valence-electron chi connectivity index (χ0n) is 10.3. The average molecular weight is 257 g/mol. The van der Waals surface area contributed by atoms with E-state index in [1.54, 1.807) is 20.8 Å². The van der Waals surface area contributed by atoms with Gasteiger partial charge in [-0.2, -0.15) is 0 Å². The maximum Gasteiger partial charge on any atom is 1.00 e. The van der Waals surface area contributed by atoms with E-state index in [9.17, 15) is 9.59 Å². The Labute approximate surface area is 123 Å². The number of hydrogen-bond donors (Lipinski definition) is 1. The third-order valence-electron chi connectivity index (χ3n) is 1.34. The summed E-state index contributed by atoms with van der Waals surface area (Å²) in [5.41, 5.74) is -0.605. The van der Waals surface area contributed by atoms with E-state index in [0.29, 0.717) is 0 Å². The van der Waals surface area contributed by atoms with Crippen molar-refractivity contribution in [3.05, 3.63) is 0 Å². The van der Waals surface area contributed by atoms with Crippen molar-refractivity contribution in [1.29, 1.82) is 0 Å². The molecule has 1 atom stereocenters. The summed E-state index contributed by atoms with van der Waals surface area (Å²) in [4.78, 5) is 22.3. The molecule has 1 amide bonds. The van der Waals surface area contributed by atoms with Gasteiger partial charge in [0.15, 0.2) is 0 Å². The summed E-state index contributed by atoms with van der Waals surface area (Å²) < 4.78 is 9.42. The van der Waals surface area contributed by atoms with Crippen LogP contribution in [0, 0.1) is 0 Å². The van der Waals surface area contributed by atoms with E-state index in [4.69, 9.17) is 17.4 Å². The van der Waals surface area contributed by atoms with Gasteiger partial charge in [0.05, 0.1) is 7.11 Å². The number of methoxy groups -OCH3 is 1. The Morgan fingerprint density at radius 3 is 2.19 bits per heavy atom. The van der Waals surface area contributed by atoms with E-state index < -0.39 is 23.7 Å². The molecule has 88 valence electrons. The Morgan fingerprint density at radius 2 is 1.88 bits per heavy atom. The largest absolute Gasteiger partial charge is 1.00 e. The molecule has 0 bridgehead atoms. The zero-order chi connectivity index (χ0) is 12.1. The van der Waals surface area contributed by atoms with Crippen molar-refractivity contribution in [2.24, 2.45) is 0 Å². The van der Waals surface area contributed by atoms with Crippen LogP contribution < -0.4 is 34.9 Å². The third kappa shape index (κ3) is 8.27. The molecule has 16 heavy (non-hydrogen) atoms. The summed E-state index contributed by atoms with van der Waals surface area (Å²) in [5.74, 6) is -0.526. The Balaban J connectivity index is 0. The summed E-state index contributed by atoms with van der Waals surface area (Å²) >= 11 is 4.70. The molecule has 0 fully saturated rings. The number of rotatable bonds is 3. The van der Waals surface area contributed by atoms with E-state index in [0.717, 1.165) is 0 Å². The van der Waals surface area contributed by atoms with Gasteiger partial charge in [0.25, 0.3) is 0 Å². The quantitative estimate of drug-likeness (QED) is 0.347. The van der Waals surface area contributed by atoms with Crippen LogP contribution in [0.1, 0.15) is 20.8 Å². The van der Waals surface area contributed by atoms with Crippen LogP contribution in [0.3, 0.4) is 0 Å². The van der Waals surface area contributed by atoms with Crippen molar-refractivity contribution in [3.8, 4) is 0 Å². The maximum atomic E-state index is 11.3. The van der Waals surface area contributed by atoms with E-state index in [1.165, 1.54) is 7.11 Å². The van der Waals surface area contributed by atoms with Crippen LogP contribution in [0.25, 0.3) is 0 Å². The number of esters is 1. The van der Waals surface area contributed by atoms with E-state index in [2.05, 4.69) is 10.1 Å². The fourth-order valence-corrected chi connectivity index (χ4v) is 0.980. The van der Waals surface area contributed by atoms with Crippen molar-refractivity contribution in [3.63, 3.8) is 0 Å². The summed E-state index contributed by atoms with van der Waals surface area (Å²) in [7, 11) is 1.23. The summed E-state index contributed by atoms with van der Waals surface area (Å²) in [6.07, 6.45) is -0.678. The molecule has 0 aliphatic carbocycles. The number of hydrogen-bond acceptors (Lipinski definition) is 5. The molecule has 0 aromatic rings. The van der Waals surface area contributed by atoms with E-state index in [-0.39, 0.29) is 35.3 Å². The first-order chi connectivity index (χ1) is 6.80. The zero-order valence-corrected chi connectivity index (χ0v) is 13.1. The van der Waals surface area contributed by atoms with Gasteiger partial charge in [-0.25, -0.2) is 9.59 Å². The molecule has 5 nitrogen and oxygen atoms in total. The van der Waals surface area contributed by atoms with Gasteiger partial charge in [0, 0.05) is 0 Å². The van der Waals surface area contributed by atoms with Gasteiger partial charge >= 0.3 is 41.6 Å². The Kier molecular flexibility index (Phi) is 9.48. The number of amides is 1. The summed E-state index contributed by atoms with van der Waals surface area (Å²) in [5, 5.41) is 2.33. The Morgan fingerprint density at radius 1 is 1.38 bits per heavy atom. The molecule has 0 aromatic heterocycles. The van der Waals surface area contributed by atoms with Gasteiger partial charge in [-0.15, -0.1) is 5.75 Å². The van der Waals surface area contributed by atoms with Crippen molar-refractivity contribution in [1.82, 2.24) is 5.32 Å². The van der Waals surface area contributed by atoms with Crippen LogP contribution in [0.5, 0.6) is 0 Å². The second kappa shape index (κ2) is 8.22. The first kappa shape index (κ1) is 18.5. The first-order valence-electron chi connectivity index (χ1n) is 4.45. The molecule has 0 spiro atoms.